The Morgan fingerprint density at radius 1 is 1.27 bits per heavy atom. The summed E-state index contributed by atoms with van der Waals surface area (Å²) in [5.41, 5.74) is 5.93. The lowest BCUT2D eigenvalue weighted by Gasteiger charge is -2.07. The van der Waals surface area contributed by atoms with E-state index in [2.05, 4.69) is 15.8 Å². The number of aryl methyl sites for hydroxylation is 1. The number of halogens is 1. The minimum absolute atomic E-state index is 0.249. The first-order valence-electron chi connectivity index (χ1n) is 6.64. The monoisotopic (exact) mass is 321 g/mol. The highest BCUT2D eigenvalue weighted by molar-refractivity contribution is 6.30. The van der Waals surface area contributed by atoms with Crippen LogP contribution in [-0.2, 0) is 11.2 Å². The number of amides is 2. The lowest BCUT2D eigenvalue weighted by molar-refractivity contribution is -0.121. The Morgan fingerprint density at radius 2 is 2.09 bits per heavy atom. The van der Waals surface area contributed by atoms with Gasteiger partial charge in [0.1, 0.15) is 11.4 Å². The number of aromatic amines is 1. The number of H-pyrrole nitrogens is 1. The summed E-state index contributed by atoms with van der Waals surface area (Å²) in [5, 5.41) is 0.425. The largest absolute Gasteiger partial charge is 0.497 e. The van der Waals surface area contributed by atoms with Gasteiger partial charge in [0.05, 0.1) is 12.1 Å². The molecule has 0 aliphatic heterocycles. The predicted octanol–water partition coefficient (Wildman–Crippen LogP) is 2.07. The lowest BCUT2D eigenvalue weighted by Crippen LogP contribution is -2.41. The van der Waals surface area contributed by atoms with E-state index < -0.39 is 5.91 Å². The minimum Gasteiger partial charge on any atom is -0.497 e. The van der Waals surface area contributed by atoms with E-state index in [1.807, 2.05) is 24.3 Å². The van der Waals surface area contributed by atoms with Crippen molar-refractivity contribution in [2.24, 2.45) is 0 Å². The second-order valence-corrected chi connectivity index (χ2v) is 5.02. The van der Waals surface area contributed by atoms with Crippen LogP contribution in [0.15, 0.2) is 36.5 Å². The van der Waals surface area contributed by atoms with Crippen LogP contribution in [0.3, 0.4) is 0 Å². The zero-order valence-corrected chi connectivity index (χ0v) is 12.7. The molecule has 0 aliphatic rings. The average molecular weight is 322 g/mol. The van der Waals surface area contributed by atoms with Gasteiger partial charge in [-0.1, -0.05) is 23.7 Å². The molecule has 1 aromatic heterocycles. The molecule has 0 fully saturated rings. The first kappa shape index (κ1) is 15.9. The van der Waals surface area contributed by atoms with Crippen LogP contribution >= 0.6 is 11.6 Å². The molecular formula is C15H16ClN3O3. The number of carbonyl (C=O) groups is 2. The van der Waals surface area contributed by atoms with Gasteiger partial charge in [-0.05, 0) is 30.2 Å². The maximum atomic E-state index is 11.7. The quantitative estimate of drug-likeness (QED) is 0.737. The molecule has 116 valence electrons. The number of hydrogen-bond donors (Lipinski definition) is 3. The molecule has 1 aromatic carbocycles. The predicted molar refractivity (Wildman–Crippen MR) is 82.7 cm³/mol. The molecule has 2 amide bonds. The highest BCUT2D eigenvalue weighted by Gasteiger charge is 2.09. The fraction of sp³-hybridized carbons (Fsp3) is 0.200. The molecule has 0 atom stereocenters. The van der Waals surface area contributed by atoms with Crippen molar-refractivity contribution in [1.29, 1.82) is 0 Å². The summed E-state index contributed by atoms with van der Waals surface area (Å²) in [6.45, 7) is 0. The SMILES string of the molecule is COc1cccc(CCC(=O)NNC(=O)c2cc(Cl)c[nH]2)c1. The number of carbonyl (C=O) groups excluding carboxylic acids is 2. The van der Waals surface area contributed by atoms with Gasteiger partial charge in [-0.2, -0.15) is 0 Å². The van der Waals surface area contributed by atoms with E-state index in [4.69, 9.17) is 16.3 Å². The zero-order valence-electron chi connectivity index (χ0n) is 12.0. The van der Waals surface area contributed by atoms with Crippen molar-refractivity contribution < 1.29 is 14.3 Å². The molecule has 2 aromatic rings. The molecule has 0 saturated carbocycles. The van der Waals surface area contributed by atoms with Crippen LogP contribution in [0.2, 0.25) is 5.02 Å². The van der Waals surface area contributed by atoms with Gasteiger partial charge in [0, 0.05) is 12.6 Å². The first-order valence-corrected chi connectivity index (χ1v) is 7.02. The number of rotatable bonds is 5. The van der Waals surface area contributed by atoms with Crippen molar-refractivity contribution in [2.45, 2.75) is 12.8 Å². The fourth-order valence-electron chi connectivity index (χ4n) is 1.84. The molecule has 7 heteroatoms. The lowest BCUT2D eigenvalue weighted by atomic mass is 10.1. The molecule has 0 radical (unpaired) electrons. The van der Waals surface area contributed by atoms with Crippen LogP contribution in [0.5, 0.6) is 5.75 Å². The van der Waals surface area contributed by atoms with Crippen LogP contribution in [0.25, 0.3) is 0 Å². The van der Waals surface area contributed by atoms with Gasteiger partial charge < -0.3 is 9.72 Å². The zero-order chi connectivity index (χ0) is 15.9. The second kappa shape index (κ2) is 7.51. The van der Waals surface area contributed by atoms with Crippen molar-refractivity contribution in [3.8, 4) is 5.75 Å². The number of ether oxygens (including phenoxy) is 1. The van der Waals surface area contributed by atoms with Crippen LogP contribution in [0.4, 0.5) is 0 Å². The normalized spacial score (nSPS) is 10.1. The van der Waals surface area contributed by atoms with Gasteiger partial charge in [-0.3, -0.25) is 20.4 Å². The Bertz CT molecular complexity index is 670. The van der Waals surface area contributed by atoms with E-state index in [1.54, 1.807) is 7.11 Å². The molecule has 6 nitrogen and oxygen atoms in total. The molecule has 0 bridgehead atoms. The Morgan fingerprint density at radius 3 is 2.77 bits per heavy atom. The molecule has 0 aliphatic carbocycles. The highest BCUT2D eigenvalue weighted by Crippen LogP contribution is 2.13. The van der Waals surface area contributed by atoms with E-state index in [9.17, 15) is 9.59 Å². The summed E-state index contributed by atoms with van der Waals surface area (Å²) < 4.78 is 5.12. The molecule has 22 heavy (non-hydrogen) atoms. The topological polar surface area (TPSA) is 83.2 Å². The molecule has 2 rings (SSSR count). The number of aromatic nitrogens is 1. The summed E-state index contributed by atoms with van der Waals surface area (Å²) in [7, 11) is 1.59. The molecular weight excluding hydrogens is 306 g/mol. The Hall–Kier alpha value is -2.47. The van der Waals surface area contributed by atoms with Gasteiger partial charge in [0.2, 0.25) is 5.91 Å². The molecule has 1 heterocycles. The minimum atomic E-state index is -0.457. The Kier molecular flexibility index (Phi) is 5.43. The van der Waals surface area contributed by atoms with Crippen LogP contribution in [0, 0.1) is 0 Å². The maximum absolute atomic E-state index is 11.7. The average Bonchev–Trinajstić information content (AvgIpc) is 2.97. The highest BCUT2D eigenvalue weighted by atomic mass is 35.5. The molecule has 0 spiro atoms. The number of hydrogen-bond acceptors (Lipinski definition) is 3. The van der Waals surface area contributed by atoms with Gasteiger partial charge in [-0.25, -0.2) is 0 Å². The van der Waals surface area contributed by atoms with Gasteiger partial charge in [0.25, 0.3) is 5.91 Å². The summed E-state index contributed by atoms with van der Waals surface area (Å²) in [6.07, 6.45) is 2.28. The van der Waals surface area contributed by atoms with E-state index >= 15 is 0 Å². The third-order valence-electron chi connectivity index (χ3n) is 2.98. The fourth-order valence-corrected chi connectivity index (χ4v) is 2.00. The van der Waals surface area contributed by atoms with Crippen molar-refractivity contribution in [2.75, 3.05) is 7.11 Å². The van der Waals surface area contributed by atoms with Crippen LogP contribution in [0.1, 0.15) is 22.5 Å². The summed E-state index contributed by atoms with van der Waals surface area (Å²) >= 11 is 5.70. The van der Waals surface area contributed by atoms with Gasteiger partial charge in [0.15, 0.2) is 0 Å². The third kappa shape index (κ3) is 4.53. The number of methoxy groups -OCH3 is 1. The Balaban J connectivity index is 1.77. The van der Waals surface area contributed by atoms with E-state index in [0.29, 0.717) is 11.4 Å². The third-order valence-corrected chi connectivity index (χ3v) is 3.20. The van der Waals surface area contributed by atoms with E-state index in [0.717, 1.165) is 11.3 Å². The van der Waals surface area contributed by atoms with Gasteiger partial charge in [-0.15, -0.1) is 0 Å². The molecule has 0 saturated heterocycles. The Labute approximate surface area is 132 Å². The summed E-state index contributed by atoms with van der Waals surface area (Å²) in [5.74, 6) is 0.00490. The number of benzene rings is 1. The van der Waals surface area contributed by atoms with Crippen molar-refractivity contribution in [3.05, 3.63) is 52.8 Å². The van der Waals surface area contributed by atoms with Crippen LogP contribution < -0.4 is 15.6 Å². The smallest absolute Gasteiger partial charge is 0.286 e. The van der Waals surface area contributed by atoms with Gasteiger partial charge >= 0.3 is 0 Å². The molecule has 3 N–H and O–H groups in total. The summed E-state index contributed by atoms with van der Waals surface area (Å²) in [6, 6.07) is 8.95. The van der Waals surface area contributed by atoms with Crippen molar-refractivity contribution in [1.82, 2.24) is 15.8 Å². The summed E-state index contributed by atoms with van der Waals surface area (Å²) in [4.78, 5) is 26.1. The molecule has 0 unspecified atom stereocenters. The van der Waals surface area contributed by atoms with Crippen molar-refractivity contribution in [3.63, 3.8) is 0 Å². The first-order chi connectivity index (χ1) is 10.6. The van der Waals surface area contributed by atoms with E-state index in [1.165, 1.54) is 12.3 Å². The van der Waals surface area contributed by atoms with Crippen molar-refractivity contribution >= 4 is 23.4 Å². The van der Waals surface area contributed by atoms with E-state index in [-0.39, 0.29) is 18.0 Å². The standard InChI is InChI=1S/C15H16ClN3O3/c1-22-12-4-2-3-10(7-12)5-6-14(20)18-19-15(21)13-8-11(16)9-17-13/h2-4,7-9,17H,5-6H2,1H3,(H,18,20)(H,19,21). The second-order valence-electron chi connectivity index (χ2n) is 4.59. The van der Waals surface area contributed by atoms with Crippen LogP contribution in [-0.4, -0.2) is 23.9 Å². The maximum Gasteiger partial charge on any atom is 0.286 e. The number of hydrazine groups is 1. The number of nitrogens with one attached hydrogen (secondary N) is 3.